The molecule has 0 aliphatic carbocycles. The van der Waals surface area contributed by atoms with E-state index in [2.05, 4.69) is 0 Å². The molecule has 3 rings (SSSR count). The summed E-state index contributed by atoms with van der Waals surface area (Å²) in [6.07, 6.45) is 0.580. The number of carbonyl (C=O) groups excluding carboxylic acids is 1. The van der Waals surface area contributed by atoms with Crippen molar-refractivity contribution in [3.05, 3.63) is 98.5 Å². The normalized spacial score (nSPS) is 10.7. The molecule has 0 saturated carbocycles. The fraction of sp³-hybridized carbons (Fsp3) is 0.0952. The lowest BCUT2D eigenvalue weighted by Crippen LogP contribution is -2.01. The maximum absolute atomic E-state index is 12.5. The van der Waals surface area contributed by atoms with Crippen LogP contribution in [-0.2, 0) is 6.42 Å². The smallest absolute Gasteiger partial charge is 0.193 e. The number of ketones is 1. The lowest BCUT2D eigenvalue weighted by molar-refractivity contribution is 0.103. The molecule has 0 spiro atoms. The molecule has 3 aromatic carbocycles. The highest BCUT2D eigenvalue weighted by Gasteiger charge is 2.11. The van der Waals surface area contributed by atoms with Gasteiger partial charge in [0.05, 0.1) is 0 Å². The first-order valence-corrected chi connectivity index (χ1v) is 8.63. The third-order valence-corrected chi connectivity index (χ3v) is 4.75. The predicted octanol–water partition coefficient (Wildman–Crippen LogP) is 5.71. The molecular weight excluding hydrogens is 353 g/mol. The first-order valence-electron chi connectivity index (χ1n) is 7.88. The van der Waals surface area contributed by atoms with Crippen molar-refractivity contribution in [1.82, 2.24) is 0 Å². The maximum Gasteiger partial charge on any atom is 0.193 e. The van der Waals surface area contributed by atoms with Crippen molar-refractivity contribution in [2.24, 2.45) is 0 Å². The Bertz CT molecular complexity index is 893. The number of anilines is 1. The standard InChI is InChI=1S/C21H17Cl2NO/c1-13-2-6-15(7-3-13)21(25)16-8-4-14(5-9-16)10-18-19(22)11-17(24)12-20(18)23/h2-9,11-12H,10,24H2,1H3. The minimum Gasteiger partial charge on any atom is -0.399 e. The molecule has 2 N–H and O–H groups in total. The van der Waals surface area contributed by atoms with Crippen LogP contribution in [0, 0.1) is 6.92 Å². The summed E-state index contributed by atoms with van der Waals surface area (Å²) in [5, 5.41) is 1.09. The van der Waals surface area contributed by atoms with Crippen LogP contribution in [0.3, 0.4) is 0 Å². The Kier molecular flexibility index (Phi) is 5.12. The van der Waals surface area contributed by atoms with Crippen LogP contribution in [0.5, 0.6) is 0 Å². The molecule has 0 fully saturated rings. The largest absolute Gasteiger partial charge is 0.399 e. The summed E-state index contributed by atoms with van der Waals surface area (Å²) in [7, 11) is 0. The summed E-state index contributed by atoms with van der Waals surface area (Å²) in [5.74, 6) is 0.00935. The van der Waals surface area contributed by atoms with Crippen LogP contribution < -0.4 is 5.73 Å². The van der Waals surface area contributed by atoms with Gasteiger partial charge >= 0.3 is 0 Å². The van der Waals surface area contributed by atoms with Crippen molar-refractivity contribution in [2.75, 3.05) is 5.73 Å². The van der Waals surface area contributed by atoms with Gasteiger partial charge in [0.25, 0.3) is 0 Å². The maximum atomic E-state index is 12.5. The first-order chi connectivity index (χ1) is 11.9. The molecule has 0 bridgehead atoms. The minimum absolute atomic E-state index is 0.00935. The van der Waals surface area contributed by atoms with E-state index in [0.717, 1.165) is 16.7 Å². The molecule has 0 unspecified atom stereocenters. The Labute approximate surface area is 157 Å². The molecule has 0 amide bonds. The Hall–Kier alpha value is -2.29. The molecule has 126 valence electrons. The van der Waals surface area contributed by atoms with Gasteiger partial charge in [0.2, 0.25) is 0 Å². The highest BCUT2D eigenvalue weighted by molar-refractivity contribution is 6.36. The van der Waals surface area contributed by atoms with Crippen molar-refractivity contribution < 1.29 is 4.79 Å². The van der Waals surface area contributed by atoms with E-state index in [1.54, 1.807) is 12.1 Å². The van der Waals surface area contributed by atoms with Gasteiger partial charge in [-0.2, -0.15) is 0 Å². The van der Waals surface area contributed by atoms with Gasteiger partial charge in [-0.05, 0) is 30.2 Å². The van der Waals surface area contributed by atoms with E-state index in [-0.39, 0.29) is 5.78 Å². The fourth-order valence-electron chi connectivity index (χ4n) is 2.64. The Morgan fingerprint density at radius 2 is 1.36 bits per heavy atom. The van der Waals surface area contributed by atoms with Crippen molar-refractivity contribution in [2.45, 2.75) is 13.3 Å². The Morgan fingerprint density at radius 3 is 1.88 bits per heavy atom. The Balaban J connectivity index is 1.81. The number of hydrogen-bond donors (Lipinski definition) is 1. The molecule has 2 nitrogen and oxygen atoms in total. The van der Waals surface area contributed by atoms with E-state index in [1.165, 1.54) is 0 Å². The van der Waals surface area contributed by atoms with E-state index in [4.69, 9.17) is 28.9 Å². The molecule has 0 saturated heterocycles. The van der Waals surface area contributed by atoms with Crippen LogP contribution in [0.15, 0.2) is 60.7 Å². The zero-order chi connectivity index (χ0) is 18.0. The summed E-state index contributed by atoms with van der Waals surface area (Å²) in [6.45, 7) is 2.00. The third-order valence-electron chi connectivity index (χ3n) is 4.07. The van der Waals surface area contributed by atoms with E-state index in [9.17, 15) is 4.79 Å². The van der Waals surface area contributed by atoms with Crippen molar-refractivity contribution in [3.63, 3.8) is 0 Å². The van der Waals surface area contributed by atoms with Crippen LogP contribution in [0.25, 0.3) is 0 Å². The first kappa shape index (κ1) is 17.5. The number of halogens is 2. The zero-order valence-electron chi connectivity index (χ0n) is 13.7. The van der Waals surface area contributed by atoms with E-state index < -0.39 is 0 Å². The number of hydrogen-bond acceptors (Lipinski definition) is 2. The molecular formula is C21H17Cl2NO. The van der Waals surface area contributed by atoms with Gasteiger partial charge in [-0.25, -0.2) is 0 Å². The monoisotopic (exact) mass is 369 g/mol. The summed E-state index contributed by atoms with van der Waals surface area (Å²) >= 11 is 12.5. The highest BCUT2D eigenvalue weighted by Crippen LogP contribution is 2.30. The quantitative estimate of drug-likeness (QED) is 0.472. The second-order valence-electron chi connectivity index (χ2n) is 6.03. The average molecular weight is 370 g/mol. The molecule has 0 radical (unpaired) electrons. The third kappa shape index (κ3) is 4.04. The minimum atomic E-state index is 0.00935. The van der Waals surface area contributed by atoms with Crippen LogP contribution in [0.4, 0.5) is 5.69 Å². The second kappa shape index (κ2) is 7.30. The van der Waals surface area contributed by atoms with Crippen LogP contribution in [-0.4, -0.2) is 5.78 Å². The summed E-state index contributed by atoms with van der Waals surface area (Å²) in [4.78, 5) is 12.5. The van der Waals surface area contributed by atoms with Gasteiger partial charge in [-0.1, -0.05) is 77.3 Å². The number of aryl methyl sites for hydroxylation is 1. The predicted molar refractivity (Wildman–Crippen MR) is 105 cm³/mol. The summed E-state index contributed by atoms with van der Waals surface area (Å²) in [5.41, 5.74) is 10.6. The van der Waals surface area contributed by atoms with Crippen molar-refractivity contribution in [1.29, 1.82) is 0 Å². The Morgan fingerprint density at radius 1 is 0.880 bits per heavy atom. The van der Waals surface area contributed by atoms with Crippen LogP contribution in [0.1, 0.15) is 32.6 Å². The number of carbonyl (C=O) groups is 1. The number of nitrogens with two attached hydrogens (primary N) is 1. The van der Waals surface area contributed by atoms with Crippen LogP contribution in [0.2, 0.25) is 10.0 Å². The molecule has 0 aliphatic rings. The molecule has 0 heterocycles. The van der Waals surface area contributed by atoms with Gasteiger partial charge in [0, 0.05) is 33.3 Å². The van der Waals surface area contributed by atoms with Crippen LogP contribution >= 0.6 is 23.2 Å². The van der Waals surface area contributed by atoms with E-state index >= 15 is 0 Å². The number of benzene rings is 3. The van der Waals surface area contributed by atoms with E-state index in [1.807, 2.05) is 55.5 Å². The lowest BCUT2D eigenvalue weighted by atomic mass is 9.99. The fourth-order valence-corrected chi connectivity index (χ4v) is 3.28. The topological polar surface area (TPSA) is 43.1 Å². The number of rotatable bonds is 4. The van der Waals surface area contributed by atoms with Gasteiger partial charge in [-0.3, -0.25) is 4.79 Å². The SMILES string of the molecule is Cc1ccc(C(=O)c2ccc(Cc3c(Cl)cc(N)cc3Cl)cc2)cc1. The average Bonchev–Trinajstić information content (AvgIpc) is 2.59. The van der Waals surface area contributed by atoms with Crippen molar-refractivity contribution >= 4 is 34.7 Å². The molecule has 25 heavy (non-hydrogen) atoms. The zero-order valence-corrected chi connectivity index (χ0v) is 15.2. The van der Waals surface area contributed by atoms with Crippen molar-refractivity contribution in [3.8, 4) is 0 Å². The highest BCUT2D eigenvalue weighted by atomic mass is 35.5. The molecule has 0 atom stereocenters. The van der Waals surface area contributed by atoms with Gasteiger partial charge in [0.1, 0.15) is 0 Å². The van der Waals surface area contributed by atoms with Gasteiger partial charge < -0.3 is 5.73 Å². The summed E-state index contributed by atoms with van der Waals surface area (Å²) in [6, 6.07) is 18.5. The van der Waals surface area contributed by atoms with Gasteiger partial charge in [0.15, 0.2) is 5.78 Å². The van der Waals surface area contributed by atoms with E-state index in [0.29, 0.717) is 33.3 Å². The molecule has 0 aromatic heterocycles. The van der Waals surface area contributed by atoms with Gasteiger partial charge in [-0.15, -0.1) is 0 Å². The lowest BCUT2D eigenvalue weighted by Gasteiger charge is -2.09. The second-order valence-corrected chi connectivity index (χ2v) is 6.85. The molecule has 0 aliphatic heterocycles. The molecule has 4 heteroatoms. The molecule has 3 aromatic rings. The number of nitrogen functional groups attached to an aromatic ring is 1. The summed E-state index contributed by atoms with van der Waals surface area (Å²) < 4.78 is 0.